The minimum atomic E-state index is -4.34. The summed E-state index contributed by atoms with van der Waals surface area (Å²) in [6.45, 7) is 1.95. The van der Waals surface area contributed by atoms with Gasteiger partial charge in [-0.05, 0) is 23.3 Å². The highest BCUT2D eigenvalue weighted by Gasteiger charge is 2.31. The zero-order valence-corrected chi connectivity index (χ0v) is 18.9. The smallest absolute Gasteiger partial charge is 0.378 e. The van der Waals surface area contributed by atoms with Gasteiger partial charge in [-0.1, -0.05) is 60.7 Å². The first-order valence-electron chi connectivity index (χ1n) is 10.8. The third-order valence-electron chi connectivity index (χ3n) is 5.37. The third-order valence-corrected chi connectivity index (χ3v) is 5.80. The number of benzene rings is 2. The van der Waals surface area contributed by atoms with Crippen LogP contribution in [0, 0.1) is 4.77 Å². The summed E-state index contributed by atoms with van der Waals surface area (Å²) in [6.07, 6.45) is -4.34. The zero-order valence-electron chi connectivity index (χ0n) is 18.1. The van der Waals surface area contributed by atoms with E-state index in [1.54, 1.807) is 0 Å². The topological polar surface area (TPSA) is 38.5 Å². The van der Waals surface area contributed by atoms with Gasteiger partial charge in [-0.2, -0.15) is 13.2 Å². The van der Waals surface area contributed by atoms with Crippen LogP contribution in [0.3, 0.4) is 0 Å². The number of aromatic nitrogens is 3. The van der Waals surface area contributed by atoms with Crippen LogP contribution in [0.5, 0.6) is 0 Å². The van der Waals surface area contributed by atoms with E-state index in [0.29, 0.717) is 43.6 Å². The lowest BCUT2D eigenvalue weighted by Crippen LogP contribution is -2.38. The van der Waals surface area contributed by atoms with E-state index < -0.39 is 12.7 Å². The number of hydrogen-bond donors (Lipinski definition) is 0. The molecule has 0 bridgehead atoms. The van der Waals surface area contributed by atoms with Crippen LogP contribution in [0.25, 0.3) is 0 Å². The molecular formula is C23H26F3N5OS. The molecule has 6 nitrogen and oxygen atoms in total. The van der Waals surface area contributed by atoms with Gasteiger partial charge in [-0.3, -0.25) is 9.47 Å². The number of nitrogens with zero attached hydrogens (tertiary/aromatic N) is 5. The average molecular weight is 478 g/mol. The third kappa shape index (κ3) is 6.43. The Labute approximate surface area is 195 Å². The maximum atomic E-state index is 13.3. The molecule has 10 heteroatoms. The lowest BCUT2D eigenvalue weighted by molar-refractivity contribution is -0.151. The first-order valence-corrected chi connectivity index (χ1v) is 11.2. The van der Waals surface area contributed by atoms with Crippen LogP contribution in [0.1, 0.15) is 11.1 Å². The highest BCUT2D eigenvalue weighted by atomic mass is 32.1. The van der Waals surface area contributed by atoms with Gasteiger partial charge >= 0.3 is 6.18 Å². The first-order chi connectivity index (χ1) is 15.9. The molecule has 2 aromatic carbocycles. The fourth-order valence-corrected chi connectivity index (χ4v) is 4.11. The van der Waals surface area contributed by atoms with Gasteiger partial charge in [0.15, 0.2) is 0 Å². The summed E-state index contributed by atoms with van der Waals surface area (Å²) in [7, 11) is 0. The maximum Gasteiger partial charge on any atom is 0.401 e. The molecule has 2 heterocycles. The summed E-state index contributed by atoms with van der Waals surface area (Å²) >= 11 is 5.70. The molecule has 0 radical (unpaired) electrons. The van der Waals surface area contributed by atoms with Crippen molar-refractivity contribution in [1.29, 1.82) is 0 Å². The monoisotopic (exact) mass is 477 g/mol. The molecule has 0 aliphatic carbocycles. The molecule has 0 N–H and O–H groups in total. The molecule has 33 heavy (non-hydrogen) atoms. The van der Waals surface area contributed by atoms with E-state index in [4.69, 9.17) is 17.0 Å². The van der Waals surface area contributed by atoms with Crippen LogP contribution in [-0.2, 0) is 24.5 Å². The molecule has 1 aliphatic rings. The normalized spacial score (nSPS) is 14.7. The van der Waals surface area contributed by atoms with E-state index in [1.165, 1.54) is 9.58 Å². The van der Waals surface area contributed by atoms with Crippen molar-refractivity contribution in [2.45, 2.75) is 25.9 Å². The van der Waals surface area contributed by atoms with Crippen LogP contribution < -0.4 is 4.90 Å². The van der Waals surface area contributed by atoms with Gasteiger partial charge in [0.2, 0.25) is 10.7 Å². The minimum absolute atomic E-state index is 0.0631. The molecule has 0 atom stereocenters. The number of hydrogen-bond acceptors (Lipinski definition) is 5. The Morgan fingerprint density at radius 2 is 1.55 bits per heavy atom. The number of ether oxygens (including phenoxy) is 1. The average Bonchev–Trinajstić information content (AvgIpc) is 3.10. The van der Waals surface area contributed by atoms with E-state index in [2.05, 4.69) is 10.00 Å². The molecule has 176 valence electrons. The summed E-state index contributed by atoms with van der Waals surface area (Å²) in [5, 5.41) is 4.68. The van der Waals surface area contributed by atoms with E-state index in [-0.39, 0.29) is 13.2 Å². The number of halogens is 3. The van der Waals surface area contributed by atoms with Crippen molar-refractivity contribution >= 4 is 18.2 Å². The number of rotatable bonds is 8. The van der Waals surface area contributed by atoms with Crippen molar-refractivity contribution in [3.8, 4) is 0 Å². The lowest BCUT2D eigenvalue weighted by Gasteiger charge is -2.27. The van der Waals surface area contributed by atoms with Crippen LogP contribution in [0.15, 0.2) is 60.7 Å². The SMILES string of the molecule is FC(F)(F)CN(Cc1ccccc1)Cn1nc(N2CCOCC2)n(Cc2ccccc2)c1=S. The van der Waals surface area contributed by atoms with Gasteiger partial charge in [0, 0.05) is 19.6 Å². The first kappa shape index (κ1) is 23.5. The van der Waals surface area contributed by atoms with Gasteiger partial charge in [-0.15, -0.1) is 5.10 Å². The highest BCUT2D eigenvalue weighted by molar-refractivity contribution is 7.71. The molecule has 0 amide bonds. The van der Waals surface area contributed by atoms with Crippen molar-refractivity contribution in [2.75, 3.05) is 37.7 Å². The molecule has 0 spiro atoms. The number of alkyl halides is 3. The van der Waals surface area contributed by atoms with Crippen LogP contribution >= 0.6 is 12.2 Å². The summed E-state index contributed by atoms with van der Waals surface area (Å²) in [5.41, 5.74) is 1.84. The van der Waals surface area contributed by atoms with E-state index in [0.717, 1.165) is 11.1 Å². The molecule has 4 rings (SSSR count). The van der Waals surface area contributed by atoms with Crippen molar-refractivity contribution in [3.05, 3.63) is 76.6 Å². The van der Waals surface area contributed by atoms with Crippen LogP contribution in [0.4, 0.5) is 19.1 Å². The number of morpholine rings is 1. The van der Waals surface area contributed by atoms with Gasteiger partial charge in [0.25, 0.3) is 0 Å². The van der Waals surface area contributed by atoms with Gasteiger partial charge in [0.1, 0.15) is 0 Å². The lowest BCUT2D eigenvalue weighted by atomic mass is 10.2. The standard InChI is InChI=1S/C23H26F3N5OS/c24-23(25,26)17-28(15-19-7-3-1-4-8-19)18-31-22(33)30(16-20-9-5-2-6-10-20)21(27-31)29-11-13-32-14-12-29/h1-10H,11-18H2. The molecule has 1 fully saturated rings. The molecule has 0 saturated carbocycles. The molecule has 1 saturated heterocycles. The van der Waals surface area contributed by atoms with Crippen molar-refractivity contribution in [1.82, 2.24) is 19.2 Å². The quantitative estimate of drug-likeness (QED) is 0.452. The Balaban J connectivity index is 1.65. The van der Waals surface area contributed by atoms with Crippen LogP contribution in [0.2, 0.25) is 0 Å². The van der Waals surface area contributed by atoms with Gasteiger partial charge in [0.05, 0.1) is 33.0 Å². The highest BCUT2D eigenvalue weighted by Crippen LogP contribution is 2.21. The second-order valence-electron chi connectivity index (χ2n) is 7.98. The second-order valence-corrected chi connectivity index (χ2v) is 8.35. The van der Waals surface area contributed by atoms with Gasteiger partial charge < -0.3 is 9.64 Å². The predicted octanol–water partition coefficient (Wildman–Crippen LogP) is 4.32. The Morgan fingerprint density at radius 3 is 2.15 bits per heavy atom. The second kappa shape index (κ2) is 10.5. The Morgan fingerprint density at radius 1 is 0.939 bits per heavy atom. The Kier molecular flexibility index (Phi) is 7.46. The molecular weight excluding hydrogens is 451 g/mol. The summed E-state index contributed by atoms with van der Waals surface area (Å²) in [4.78, 5) is 3.39. The van der Waals surface area contributed by atoms with Crippen LogP contribution in [-0.4, -0.2) is 58.3 Å². The maximum absolute atomic E-state index is 13.3. The fourth-order valence-electron chi connectivity index (χ4n) is 3.86. The summed E-state index contributed by atoms with van der Waals surface area (Å²) in [5.74, 6) is 0.652. The van der Waals surface area contributed by atoms with E-state index >= 15 is 0 Å². The molecule has 1 aliphatic heterocycles. The molecule has 1 aromatic heterocycles. The molecule has 3 aromatic rings. The summed E-state index contributed by atoms with van der Waals surface area (Å²) in [6, 6.07) is 18.9. The van der Waals surface area contributed by atoms with Crippen molar-refractivity contribution in [3.63, 3.8) is 0 Å². The largest absolute Gasteiger partial charge is 0.401 e. The Bertz CT molecular complexity index is 1080. The molecule has 0 unspecified atom stereocenters. The van der Waals surface area contributed by atoms with Crippen molar-refractivity contribution < 1.29 is 17.9 Å². The zero-order chi connectivity index (χ0) is 23.3. The summed E-state index contributed by atoms with van der Waals surface area (Å²) < 4.78 is 49.3. The predicted molar refractivity (Wildman–Crippen MR) is 123 cm³/mol. The fraction of sp³-hybridized carbons (Fsp3) is 0.391. The van der Waals surface area contributed by atoms with Crippen molar-refractivity contribution in [2.24, 2.45) is 0 Å². The number of anilines is 1. The van der Waals surface area contributed by atoms with Gasteiger partial charge in [-0.25, -0.2) is 4.68 Å². The van der Waals surface area contributed by atoms with E-state index in [1.807, 2.05) is 65.2 Å². The Hall–Kier alpha value is -2.69. The minimum Gasteiger partial charge on any atom is -0.378 e. The van der Waals surface area contributed by atoms with E-state index in [9.17, 15) is 13.2 Å².